The molecule has 0 unspecified atom stereocenters. The molecule has 1 fully saturated rings. The number of hydrogen-bond donors (Lipinski definition) is 2. The number of carbonyl (C=O) groups excluding carboxylic acids is 1. The Morgan fingerprint density at radius 1 is 1.33 bits per heavy atom. The summed E-state index contributed by atoms with van der Waals surface area (Å²) in [6.07, 6.45) is 15.8. The van der Waals surface area contributed by atoms with Crippen LogP contribution in [0, 0.1) is 5.82 Å². The van der Waals surface area contributed by atoms with Gasteiger partial charge >= 0.3 is 0 Å². The van der Waals surface area contributed by atoms with Crippen LogP contribution < -0.4 is 5.73 Å². The summed E-state index contributed by atoms with van der Waals surface area (Å²) in [6, 6.07) is 6.07. The quantitative estimate of drug-likeness (QED) is 0.639. The van der Waals surface area contributed by atoms with Crippen molar-refractivity contribution < 1.29 is 9.18 Å². The highest BCUT2D eigenvalue weighted by Crippen LogP contribution is 2.31. The van der Waals surface area contributed by atoms with Gasteiger partial charge in [0.25, 0.3) is 0 Å². The number of amides is 1. The molecule has 0 aliphatic carbocycles. The topological polar surface area (TPSA) is 75.0 Å². The number of benzene rings is 1. The number of nitrogens with two attached hydrogens (primary N) is 1. The lowest BCUT2D eigenvalue weighted by molar-refractivity contribution is -0.132. The van der Waals surface area contributed by atoms with Gasteiger partial charge in [0.05, 0.1) is 17.9 Å². The van der Waals surface area contributed by atoms with E-state index in [0.29, 0.717) is 18.5 Å². The molecular formula is C24H29FN4O. The Morgan fingerprint density at radius 2 is 2.13 bits per heavy atom. The number of hydrogen-bond acceptors (Lipinski definition) is 3. The molecule has 0 spiro atoms. The molecule has 6 heteroatoms. The first-order chi connectivity index (χ1) is 14.6. The van der Waals surface area contributed by atoms with Crippen LogP contribution in [-0.2, 0) is 11.2 Å². The minimum absolute atomic E-state index is 0.0101. The Labute approximate surface area is 177 Å². The number of aromatic amines is 1. The van der Waals surface area contributed by atoms with Crippen LogP contribution in [0.4, 0.5) is 4.39 Å². The van der Waals surface area contributed by atoms with Gasteiger partial charge in [-0.05, 0) is 43.9 Å². The Balaban J connectivity index is 1.60. The van der Waals surface area contributed by atoms with E-state index in [9.17, 15) is 9.18 Å². The summed E-state index contributed by atoms with van der Waals surface area (Å²) < 4.78 is 13.8. The molecule has 1 aliphatic heterocycles. The van der Waals surface area contributed by atoms with Gasteiger partial charge < -0.3 is 15.6 Å². The zero-order chi connectivity index (χ0) is 21.3. The van der Waals surface area contributed by atoms with Gasteiger partial charge in [-0.1, -0.05) is 48.6 Å². The van der Waals surface area contributed by atoms with Gasteiger partial charge in [-0.3, -0.25) is 4.79 Å². The van der Waals surface area contributed by atoms with Crippen LogP contribution in [0.1, 0.15) is 49.3 Å². The molecule has 0 saturated carbocycles. The molecule has 2 aromatic rings. The summed E-state index contributed by atoms with van der Waals surface area (Å²) in [6.45, 7) is 2.66. The third-order valence-corrected chi connectivity index (χ3v) is 5.18. The standard InChI is InChI=1S/C24H29FN4O/c1-2-3-4-5-6-11-20-17-27-24(28-20)22-13-9-14-29(22)23(30)16-19(26)15-18-10-7-8-12-21(18)25/h2-8,10-12,17,19,22H,9,13-16,26H2,1H3,(H,27,28)/b3-2-,5-4+,11-6+/t19-,22+/m1/s1. The van der Waals surface area contributed by atoms with Crippen molar-refractivity contribution in [3.8, 4) is 0 Å². The highest BCUT2D eigenvalue weighted by atomic mass is 19.1. The fourth-order valence-corrected chi connectivity index (χ4v) is 3.71. The van der Waals surface area contributed by atoms with Gasteiger partial charge in [0.15, 0.2) is 0 Å². The van der Waals surface area contributed by atoms with Crippen molar-refractivity contribution in [1.82, 2.24) is 14.9 Å². The lowest BCUT2D eigenvalue weighted by Gasteiger charge is -2.25. The number of likely N-dealkylation sites (tertiary alicyclic amines) is 1. The van der Waals surface area contributed by atoms with Crippen molar-refractivity contribution in [3.63, 3.8) is 0 Å². The van der Waals surface area contributed by atoms with Crippen LogP contribution in [-0.4, -0.2) is 33.4 Å². The largest absolute Gasteiger partial charge is 0.341 e. The Morgan fingerprint density at radius 3 is 2.93 bits per heavy atom. The van der Waals surface area contributed by atoms with Gasteiger partial charge in [0, 0.05) is 19.0 Å². The van der Waals surface area contributed by atoms with E-state index in [1.807, 2.05) is 48.3 Å². The van der Waals surface area contributed by atoms with Crippen LogP contribution in [0.3, 0.4) is 0 Å². The number of carbonyl (C=O) groups is 1. The molecule has 3 rings (SSSR count). The monoisotopic (exact) mass is 408 g/mol. The summed E-state index contributed by atoms with van der Waals surface area (Å²) in [5.41, 5.74) is 7.60. The van der Waals surface area contributed by atoms with Crippen LogP contribution in [0.25, 0.3) is 6.08 Å². The molecule has 1 aromatic carbocycles. The highest BCUT2D eigenvalue weighted by molar-refractivity contribution is 5.77. The van der Waals surface area contributed by atoms with E-state index in [1.165, 1.54) is 6.07 Å². The fraction of sp³-hybridized carbons (Fsp3) is 0.333. The number of aromatic nitrogens is 2. The molecular weight excluding hydrogens is 379 g/mol. The highest BCUT2D eigenvalue weighted by Gasteiger charge is 2.32. The minimum Gasteiger partial charge on any atom is -0.341 e. The number of nitrogens with one attached hydrogen (secondary N) is 1. The zero-order valence-electron chi connectivity index (χ0n) is 17.3. The first-order valence-corrected chi connectivity index (χ1v) is 10.4. The third kappa shape index (κ3) is 5.76. The van der Waals surface area contributed by atoms with Crippen molar-refractivity contribution in [1.29, 1.82) is 0 Å². The van der Waals surface area contributed by atoms with Gasteiger partial charge in [-0.25, -0.2) is 9.37 Å². The maximum Gasteiger partial charge on any atom is 0.224 e. The average molecular weight is 409 g/mol. The number of imidazole rings is 1. The first kappa shape index (κ1) is 21.7. The molecule has 0 bridgehead atoms. The van der Waals surface area contributed by atoms with E-state index in [2.05, 4.69) is 9.97 Å². The maximum absolute atomic E-state index is 13.8. The first-order valence-electron chi connectivity index (χ1n) is 10.4. The van der Waals surface area contributed by atoms with Crippen LogP contribution in [0.5, 0.6) is 0 Å². The second-order valence-electron chi connectivity index (χ2n) is 7.50. The van der Waals surface area contributed by atoms with Crippen molar-refractivity contribution in [3.05, 3.63) is 83.7 Å². The van der Waals surface area contributed by atoms with Gasteiger partial charge in [0.2, 0.25) is 5.91 Å². The third-order valence-electron chi connectivity index (χ3n) is 5.18. The van der Waals surface area contributed by atoms with E-state index >= 15 is 0 Å². The van der Waals surface area contributed by atoms with Crippen molar-refractivity contribution in [2.45, 2.75) is 44.7 Å². The van der Waals surface area contributed by atoms with Crippen LogP contribution in [0.2, 0.25) is 0 Å². The number of H-pyrrole nitrogens is 1. The number of nitrogens with zero attached hydrogens (tertiary/aromatic N) is 2. The summed E-state index contributed by atoms with van der Waals surface area (Å²) in [7, 11) is 0. The SMILES string of the molecule is C\C=C/C=C/C=C/c1cnc([C@@H]2CCCN2C(=O)C[C@H](N)Cc2ccccc2F)[nH]1. The van der Waals surface area contributed by atoms with Gasteiger partial charge in [0.1, 0.15) is 11.6 Å². The Bertz CT molecular complexity index is 931. The molecule has 0 radical (unpaired) electrons. The normalized spacial score (nSPS) is 18.2. The van der Waals surface area contributed by atoms with Crippen molar-refractivity contribution in [2.24, 2.45) is 5.73 Å². The number of rotatable bonds is 8. The molecule has 1 aromatic heterocycles. The Kier molecular flexibility index (Phi) is 7.74. The van der Waals surface area contributed by atoms with Crippen LogP contribution >= 0.6 is 0 Å². The van der Waals surface area contributed by atoms with E-state index in [4.69, 9.17) is 5.73 Å². The molecule has 2 heterocycles. The fourth-order valence-electron chi connectivity index (χ4n) is 3.71. The summed E-state index contributed by atoms with van der Waals surface area (Å²) in [5, 5.41) is 0. The lowest BCUT2D eigenvalue weighted by Crippen LogP contribution is -2.36. The second-order valence-corrected chi connectivity index (χ2v) is 7.50. The second kappa shape index (κ2) is 10.7. The van der Waals surface area contributed by atoms with Gasteiger partial charge in [-0.15, -0.1) is 0 Å². The summed E-state index contributed by atoms with van der Waals surface area (Å²) >= 11 is 0. The predicted molar refractivity (Wildman–Crippen MR) is 118 cm³/mol. The molecule has 1 aliphatic rings. The van der Waals surface area contributed by atoms with E-state index in [-0.39, 0.29) is 24.2 Å². The van der Waals surface area contributed by atoms with Crippen molar-refractivity contribution >= 4 is 12.0 Å². The van der Waals surface area contributed by atoms with Crippen molar-refractivity contribution in [2.75, 3.05) is 6.54 Å². The molecule has 3 N–H and O–H groups in total. The molecule has 5 nitrogen and oxygen atoms in total. The molecule has 30 heavy (non-hydrogen) atoms. The van der Waals surface area contributed by atoms with E-state index in [1.54, 1.807) is 24.4 Å². The predicted octanol–water partition coefficient (Wildman–Crippen LogP) is 4.32. The minimum atomic E-state index is -0.422. The summed E-state index contributed by atoms with van der Waals surface area (Å²) in [5.74, 6) is 0.501. The van der Waals surface area contributed by atoms with E-state index in [0.717, 1.165) is 24.4 Å². The molecule has 2 atom stereocenters. The smallest absolute Gasteiger partial charge is 0.224 e. The number of halogens is 1. The maximum atomic E-state index is 13.8. The number of allylic oxidation sites excluding steroid dienone is 5. The molecule has 1 amide bonds. The van der Waals surface area contributed by atoms with E-state index < -0.39 is 6.04 Å². The zero-order valence-corrected chi connectivity index (χ0v) is 17.3. The average Bonchev–Trinajstić information content (AvgIpc) is 3.39. The molecule has 158 valence electrons. The molecule has 1 saturated heterocycles. The van der Waals surface area contributed by atoms with Gasteiger partial charge in [-0.2, -0.15) is 0 Å². The summed E-state index contributed by atoms with van der Waals surface area (Å²) in [4.78, 5) is 22.5. The van der Waals surface area contributed by atoms with Crippen LogP contribution in [0.15, 0.2) is 60.8 Å². The Hall–Kier alpha value is -2.99. The lowest BCUT2D eigenvalue weighted by atomic mass is 10.0.